The summed E-state index contributed by atoms with van der Waals surface area (Å²) in [4.78, 5) is 12.8. The van der Waals surface area contributed by atoms with Crippen LogP contribution in [-0.2, 0) is 26.1 Å². The van der Waals surface area contributed by atoms with E-state index in [9.17, 15) is 13.2 Å². The van der Waals surface area contributed by atoms with E-state index >= 15 is 0 Å². The molecule has 0 radical (unpaired) electrons. The third-order valence-electron chi connectivity index (χ3n) is 5.70. The van der Waals surface area contributed by atoms with Gasteiger partial charge in [-0.05, 0) is 42.9 Å². The zero-order valence-corrected chi connectivity index (χ0v) is 17.9. The van der Waals surface area contributed by atoms with Gasteiger partial charge in [0.2, 0.25) is 15.9 Å². The lowest BCUT2D eigenvalue weighted by molar-refractivity contribution is -0.123. The Morgan fingerprint density at radius 3 is 2.39 bits per heavy atom. The van der Waals surface area contributed by atoms with Gasteiger partial charge >= 0.3 is 0 Å². The van der Waals surface area contributed by atoms with E-state index in [4.69, 9.17) is 4.74 Å². The predicted molar refractivity (Wildman–Crippen MR) is 108 cm³/mol. The molecule has 1 N–H and O–H groups in total. The number of nitrogens with zero attached hydrogens (tertiary/aromatic N) is 1. The summed E-state index contributed by atoms with van der Waals surface area (Å²) >= 11 is 0. The first-order valence-corrected chi connectivity index (χ1v) is 11.2. The van der Waals surface area contributed by atoms with Crippen LogP contribution < -0.4 is 5.32 Å². The number of morpholine rings is 1. The van der Waals surface area contributed by atoms with Crippen molar-refractivity contribution in [3.8, 4) is 0 Å². The van der Waals surface area contributed by atoms with Crippen molar-refractivity contribution in [2.45, 2.75) is 39.1 Å². The quantitative estimate of drug-likeness (QED) is 0.737. The Hall–Kier alpha value is -1.70. The number of benzene rings is 1. The van der Waals surface area contributed by atoms with Gasteiger partial charge in [-0.15, -0.1) is 0 Å². The molecule has 1 amide bonds. The number of carbonyl (C=O) groups is 1. The van der Waals surface area contributed by atoms with Gasteiger partial charge in [0, 0.05) is 19.6 Å². The Bertz CT molecular complexity index is 849. The van der Waals surface area contributed by atoms with Crippen molar-refractivity contribution in [2.24, 2.45) is 17.3 Å². The molecule has 1 aliphatic heterocycles. The molecule has 1 saturated heterocycles. The van der Waals surface area contributed by atoms with Gasteiger partial charge in [-0.25, -0.2) is 8.42 Å². The van der Waals surface area contributed by atoms with Crippen molar-refractivity contribution in [3.05, 3.63) is 41.5 Å². The second-order valence-corrected chi connectivity index (χ2v) is 10.4. The maximum atomic E-state index is 12.7. The summed E-state index contributed by atoms with van der Waals surface area (Å²) in [5.41, 5.74) is 2.09. The number of sulfonamides is 1. The first kappa shape index (κ1) is 21.0. The highest BCUT2D eigenvalue weighted by atomic mass is 32.2. The predicted octanol–water partition coefficient (Wildman–Crippen LogP) is 2.56. The second-order valence-electron chi connectivity index (χ2n) is 8.45. The first-order valence-electron chi connectivity index (χ1n) is 9.73. The molecule has 7 heteroatoms. The molecule has 1 saturated carbocycles. The van der Waals surface area contributed by atoms with E-state index in [1.54, 1.807) is 24.3 Å². The average Bonchev–Trinajstić information content (AvgIpc) is 3.20. The molecule has 0 bridgehead atoms. The van der Waals surface area contributed by atoms with E-state index in [0.29, 0.717) is 32.8 Å². The lowest BCUT2D eigenvalue weighted by atomic mass is 10.1. The zero-order valence-electron chi connectivity index (χ0n) is 17.1. The highest BCUT2D eigenvalue weighted by Crippen LogP contribution is 2.59. The number of allylic oxidation sites excluding steroid dienone is 2. The van der Waals surface area contributed by atoms with Crippen LogP contribution in [-0.4, -0.2) is 44.9 Å². The Balaban J connectivity index is 1.59. The Labute approximate surface area is 168 Å². The Morgan fingerprint density at radius 1 is 1.21 bits per heavy atom. The molecule has 1 aromatic rings. The van der Waals surface area contributed by atoms with Crippen molar-refractivity contribution in [2.75, 3.05) is 26.3 Å². The number of ether oxygens (including phenoxy) is 1. The van der Waals surface area contributed by atoms with E-state index in [1.165, 1.54) is 9.88 Å². The lowest BCUT2D eigenvalue weighted by Gasteiger charge is -2.26. The molecule has 2 unspecified atom stereocenters. The van der Waals surface area contributed by atoms with Gasteiger partial charge in [0.1, 0.15) is 0 Å². The first-order chi connectivity index (χ1) is 13.1. The number of nitrogens with one attached hydrogen (secondary N) is 1. The van der Waals surface area contributed by atoms with Crippen LogP contribution in [0.15, 0.2) is 40.8 Å². The minimum Gasteiger partial charge on any atom is -0.379 e. The number of hydrogen-bond donors (Lipinski definition) is 1. The maximum Gasteiger partial charge on any atom is 0.243 e. The SMILES string of the molecule is CC(C)=CC1C(C(=O)NCc2ccc(S(=O)(=O)N3CCOCC3)cc2)C1(C)C. The van der Waals surface area contributed by atoms with Gasteiger partial charge in [0.15, 0.2) is 0 Å². The number of rotatable bonds is 6. The monoisotopic (exact) mass is 406 g/mol. The van der Waals surface area contributed by atoms with E-state index in [0.717, 1.165) is 5.56 Å². The second kappa shape index (κ2) is 7.97. The van der Waals surface area contributed by atoms with Crippen molar-refractivity contribution in [1.29, 1.82) is 0 Å². The highest BCUT2D eigenvalue weighted by molar-refractivity contribution is 7.89. The van der Waals surface area contributed by atoms with Crippen LogP contribution in [0.25, 0.3) is 0 Å². The average molecular weight is 407 g/mol. The standard InChI is InChI=1S/C21H30N2O4S/c1-15(2)13-18-19(21(18,3)4)20(24)22-14-16-5-7-17(8-6-16)28(25,26)23-9-11-27-12-10-23/h5-8,13,18-19H,9-12,14H2,1-4H3,(H,22,24). The van der Waals surface area contributed by atoms with Crippen molar-refractivity contribution < 1.29 is 17.9 Å². The fraction of sp³-hybridized carbons (Fsp3) is 0.571. The zero-order chi connectivity index (χ0) is 20.5. The van der Waals surface area contributed by atoms with E-state index in [-0.39, 0.29) is 28.1 Å². The van der Waals surface area contributed by atoms with Crippen LogP contribution >= 0.6 is 0 Å². The summed E-state index contributed by atoms with van der Waals surface area (Å²) < 4.78 is 32.0. The molecule has 0 aromatic heterocycles. The summed E-state index contributed by atoms with van der Waals surface area (Å²) in [6.45, 7) is 10.3. The Kier molecular flexibility index (Phi) is 5.98. The molecule has 0 spiro atoms. The van der Waals surface area contributed by atoms with Crippen molar-refractivity contribution >= 4 is 15.9 Å². The summed E-state index contributed by atoms with van der Waals surface area (Å²) in [6, 6.07) is 6.75. The fourth-order valence-corrected chi connectivity index (χ4v) is 5.27. The largest absolute Gasteiger partial charge is 0.379 e. The molecule has 2 fully saturated rings. The van der Waals surface area contributed by atoms with Gasteiger partial charge in [0.25, 0.3) is 0 Å². The van der Waals surface area contributed by atoms with Crippen LogP contribution in [0.5, 0.6) is 0 Å². The van der Waals surface area contributed by atoms with Crippen molar-refractivity contribution in [1.82, 2.24) is 9.62 Å². The molecular weight excluding hydrogens is 376 g/mol. The topological polar surface area (TPSA) is 75.7 Å². The number of carbonyl (C=O) groups excluding carboxylic acids is 1. The summed E-state index contributed by atoms with van der Waals surface area (Å²) in [5.74, 6) is 0.319. The number of amides is 1. The molecule has 2 aliphatic rings. The van der Waals surface area contributed by atoms with Gasteiger partial charge in [-0.1, -0.05) is 37.6 Å². The van der Waals surface area contributed by atoms with E-state index in [1.807, 2.05) is 0 Å². The highest BCUT2D eigenvalue weighted by Gasteiger charge is 2.60. The fourth-order valence-electron chi connectivity index (χ4n) is 3.86. The van der Waals surface area contributed by atoms with Gasteiger partial charge in [0.05, 0.1) is 24.0 Å². The molecule has 2 atom stereocenters. The molecular formula is C21H30N2O4S. The molecule has 1 aliphatic carbocycles. The van der Waals surface area contributed by atoms with E-state index in [2.05, 4.69) is 39.1 Å². The Morgan fingerprint density at radius 2 is 1.82 bits per heavy atom. The summed E-state index contributed by atoms with van der Waals surface area (Å²) in [6.07, 6.45) is 2.18. The molecule has 1 heterocycles. The van der Waals surface area contributed by atoms with E-state index < -0.39 is 10.0 Å². The summed E-state index contributed by atoms with van der Waals surface area (Å²) in [5, 5.41) is 3.00. The maximum absolute atomic E-state index is 12.7. The van der Waals surface area contributed by atoms with Gasteiger partial charge < -0.3 is 10.1 Å². The molecule has 6 nitrogen and oxygen atoms in total. The molecule has 28 heavy (non-hydrogen) atoms. The number of hydrogen-bond acceptors (Lipinski definition) is 4. The third-order valence-corrected chi connectivity index (χ3v) is 7.62. The normalized spacial score (nSPS) is 24.4. The molecule has 1 aromatic carbocycles. The lowest BCUT2D eigenvalue weighted by Crippen LogP contribution is -2.40. The minimum absolute atomic E-state index is 0.0108. The third kappa shape index (κ3) is 4.31. The van der Waals surface area contributed by atoms with Crippen LogP contribution in [0.4, 0.5) is 0 Å². The molecule has 154 valence electrons. The summed E-state index contributed by atoms with van der Waals surface area (Å²) in [7, 11) is -3.49. The smallest absolute Gasteiger partial charge is 0.243 e. The minimum atomic E-state index is -3.49. The molecule has 3 rings (SSSR count). The van der Waals surface area contributed by atoms with Crippen LogP contribution in [0, 0.1) is 17.3 Å². The van der Waals surface area contributed by atoms with Gasteiger partial charge in [-0.3, -0.25) is 4.79 Å². The van der Waals surface area contributed by atoms with Gasteiger partial charge in [-0.2, -0.15) is 4.31 Å². The van der Waals surface area contributed by atoms with Crippen LogP contribution in [0.3, 0.4) is 0 Å². The van der Waals surface area contributed by atoms with Crippen molar-refractivity contribution in [3.63, 3.8) is 0 Å². The van der Waals surface area contributed by atoms with Crippen LogP contribution in [0.2, 0.25) is 0 Å². The van der Waals surface area contributed by atoms with Crippen LogP contribution in [0.1, 0.15) is 33.3 Å².